The Hall–Kier alpha value is -1.61. The van der Waals surface area contributed by atoms with E-state index in [9.17, 15) is 0 Å². The van der Waals surface area contributed by atoms with Gasteiger partial charge in [0, 0.05) is 16.6 Å². The van der Waals surface area contributed by atoms with Gasteiger partial charge in [-0.15, -0.1) is 0 Å². The smallest absolute Gasteiger partial charge is 0.0725 e. The van der Waals surface area contributed by atoms with Crippen LogP contribution in [0.1, 0.15) is 29.6 Å². The number of aromatic nitrogens is 1. The normalized spacial score (nSPS) is 26.8. The van der Waals surface area contributed by atoms with E-state index in [4.69, 9.17) is 0 Å². The van der Waals surface area contributed by atoms with Crippen LogP contribution in [0.3, 0.4) is 0 Å². The van der Waals surface area contributed by atoms with Gasteiger partial charge in [-0.2, -0.15) is 0 Å². The molecule has 0 unspecified atom stereocenters. The Labute approximate surface area is 127 Å². The van der Waals surface area contributed by atoms with Crippen LogP contribution in [0, 0.1) is 5.92 Å². The molecule has 2 aliphatic rings. The second-order valence-electron chi connectivity index (χ2n) is 5.43. The lowest BCUT2D eigenvalue weighted by Gasteiger charge is -2.37. The van der Waals surface area contributed by atoms with Gasteiger partial charge < -0.3 is 5.32 Å². The predicted molar refractivity (Wildman–Crippen MR) is 84.7 cm³/mol. The molecule has 2 aromatic rings. The second-order valence-corrected chi connectivity index (χ2v) is 6.29. The van der Waals surface area contributed by atoms with Gasteiger partial charge in [0.25, 0.3) is 0 Å². The van der Waals surface area contributed by atoms with Gasteiger partial charge in [-0.3, -0.25) is 4.98 Å². The number of hydrogen-bond donors (Lipinski definition) is 1. The summed E-state index contributed by atoms with van der Waals surface area (Å²) in [7, 11) is 0. The highest BCUT2D eigenvalue weighted by molar-refractivity contribution is 9.10. The highest BCUT2D eigenvalue weighted by atomic mass is 79.9. The van der Waals surface area contributed by atoms with Crippen LogP contribution in [-0.2, 0) is 0 Å². The third-order valence-corrected chi connectivity index (χ3v) is 5.01. The van der Waals surface area contributed by atoms with Crippen molar-refractivity contribution in [2.24, 2.45) is 5.92 Å². The highest BCUT2D eigenvalue weighted by Gasteiger charge is 2.38. The number of fused-ring (bicyclic) bond motifs is 3. The first kappa shape index (κ1) is 12.2. The summed E-state index contributed by atoms with van der Waals surface area (Å²) in [6.45, 7) is 0. The average Bonchev–Trinajstić information content (AvgIpc) is 2.97. The van der Waals surface area contributed by atoms with Gasteiger partial charge in [-0.1, -0.05) is 30.4 Å². The van der Waals surface area contributed by atoms with Crippen molar-refractivity contribution < 1.29 is 0 Å². The first-order chi connectivity index (χ1) is 9.84. The number of nitrogens with zero attached hydrogens (tertiary/aromatic N) is 1. The van der Waals surface area contributed by atoms with E-state index in [1.807, 2.05) is 12.3 Å². The summed E-state index contributed by atoms with van der Waals surface area (Å²) in [6.07, 6.45) is 7.66. The van der Waals surface area contributed by atoms with E-state index in [0.717, 1.165) is 16.6 Å². The molecular formula is C17H15BrN2. The lowest BCUT2D eigenvalue weighted by molar-refractivity contribution is 0.418. The molecule has 4 rings (SSSR count). The first-order valence-electron chi connectivity index (χ1n) is 6.97. The maximum Gasteiger partial charge on any atom is 0.0725 e. The van der Waals surface area contributed by atoms with Crippen LogP contribution in [0.2, 0.25) is 0 Å². The lowest BCUT2D eigenvalue weighted by Crippen LogP contribution is -2.29. The van der Waals surface area contributed by atoms with Crippen molar-refractivity contribution in [2.45, 2.75) is 18.4 Å². The van der Waals surface area contributed by atoms with Crippen LogP contribution < -0.4 is 5.32 Å². The minimum atomic E-state index is 0.280. The van der Waals surface area contributed by atoms with Crippen molar-refractivity contribution in [3.8, 4) is 0 Å². The van der Waals surface area contributed by atoms with Crippen molar-refractivity contribution in [3.05, 3.63) is 70.5 Å². The van der Waals surface area contributed by atoms with Gasteiger partial charge >= 0.3 is 0 Å². The molecular weight excluding hydrogens is 312 g/mol. The third-order valence-electron chi connectivity index (χ3n) is 4.35. The summed E-state index contributed by atoms with van der Waals surface area (Å²) >= 11 is 3.67. The molecule has 0 amide bonds. The van der Waals surface area contributed by atoms with Crippen LogP contribution in [0.25, 0.3) is 0 Å². The van der Waals surface area contributed by atoms with Gasteiger partial charge in [0.2, 0.25) is 0 Å². The molecule has 0 bridgehead atoms. The largest absolute Gasteiger partial charge is 0.375 e. The summed E-state index contributed by atoms with van der Waals surface area (Å²) in [5, 5.41) is 3.70. The quantitative estimate of drug-likeness (QED) is 0.770. The van der Waals surface area contributed by atoms with E-state index in [-0.39, 0.29) is 6.04 Å². The summed E-state index contributed by atoms with van der Waals surface area (Å²) in [4.78, 5) is 4.56. The van der Waals surface area contributed by atoms with Crippen LogP contribution in [-0.4, -0.2) is 4.98 Å². The van der Waals surface area contributed by atoms with Gasteiger partial charge in [0.15, 0.2) is 0 Å². The number of halogens is 1. The number of para-hydroxylation sites is 1. The molecule has 0 saturated heterocycles. The first-order valence-corrected chi connectivity index (χ1v) is 7.76. The fourth-order valence-electron chi connectivity index (χ4n) is 3.44. The van der Waals surface area contributed by atoms with E-state index in [1.165, 1.54) is 11.3 Å². The number of nitrogens with one attached hydrogen (secondary N) is 1. The number of rotatable bonds is 1. The fourth-order valence-corrected chi connectivity index (χ4v) is 3.93. The average molecular weight is 327 g/mol. The van der Waals surface area contributed by atoms with Crippen LogP contribution in [0.4, 0.5) is 5.69 Å². The summed E-state index contributed by atoms with van der Waals surface area (Å²) in [5.41, 5.74) is 3.74. The van der Waals surface area contributed by atoms with Gasteiger partial charge in [-0.25, -0.2) is 0 Å². The lowest BCUT2D eigenvalue weighted by atomic mass is 9.78. The number of anilines is 1. The van der Waals surface area contributed by atoms with Crippen molar-refractivity contribution in [1.29, 1.82) is 0 Å². The molecule has 0 saturated carbocycles. The number of pyridine rings is 1. The minimum absolute atomic E-state index is 0.280. The van der Waals surface area contributed by atoms with E-state index in [1.54, 1.807) is 0 Å². The number of hydrogen-bond acceptors (Lipinski definition) is 2. The minimum Gasteiger partial charge on any atom is -0.375 e. The molecule has 2 nitrogen and oxygen atoms in total. The summed E-state index contributed by atoms with van der Waals surface area (Å²) in [6, 6.07) is 12.9. The number of allylic oxidation sites excluding steroid dienone is 2. The Bertz CT molecular complexity index is 666. The molecule has 20 heavy (non-hydrogen) atoms. The molecule has 1 aliphatic carbocycles. The SMILES string of the molecule is Brc1cccc2c1N[C@H](c1ccccn1)[C@@H]1CC=C[C@H]21. The Morgan fingerprint density at radius 3 is 2.95 bits per heavy atom. The topological polar surface area (TPSA) is 24.9 Å². The zero-order valence-electron chi connectivity index (χ0n) is 11.0. The summed E-state index contributed by atoms with van der Waals surface area (Å²) < 4.78 is 1.13. The molecule has 100 valence electrons. The number of benzene rings is 1. The fraction of sp³-hybridized carbons (Fsp3) is 0.235. The second kappa shape index (κ2) is 4.74. The van der Waals surface area contributed by atoms with Crippen LogP contribution >= 0.6 is 15.9 Å². The zero-order valence-corrected chi connectivity index (χ0v) is 12.5. The third kappa shape index (κ3) is 1.80. The van der Waals surface area contributed by atoms with E-state index in [2.05, 4.69) is 68.7 Å². The van der Waals surface area contributed by atoms with Gasteiger partial charge in [-0.05, 0) is 52.0 Å². The monoisotopic (exact) mass is 326 g/mol. The maximum absolute atomic E-state index is 4.56. The predicted octanol–water partition coefficient (Wildman–Crippen LogP) is 4.67. The molecule has 3 atom stereocenters. The van der Waals surface area contributed by atoms with E-state index >= 15 is 0 Å². The Morgan fingerprint density at radius 1 is 1.15 bits per heavy atom. The van der Waals surface area contributed by atoms with Crippen molar-refractivity contribution in [3.63, 3.8) is 0 Å². The zero-order chi connectivity index (χ0) is 13.5. The Kier molecular flexibility index (Phi) is 2.88. The van der Waals surface area contributed by atoms with Crippen molar-refractivity contribution >= 4 is 21.6 Å². The van der Waals surface area contributed by atoms with E-state index < -0.39 is 0 Å². The molecule has 0 spiro atoms. The molecule has 0 radical (unpaired) electrons. The van der Waals surface area contributed by atoms with Gasteiger partial charge in [0.1, 0.15) is 0 Å². The van der Waals surface area contributed by atoms with Crippen LogP contribution in [0.15, 0.2) is 59.2 Å². The molecule has 1 N–H and O–H groups in total. The molecule has 1 aromatic carbocycles. The highest BCUT2D eigenvalue weighted by Crippen LogP contribution is 2.50. The molecule has 1 aliphatic heterocycles. The molecule has 1 aromatic heterocycles. The summed E-state index contributed by atoms with van der Waals surface area (Å²) in [5.74, 6) is 1.06. The molecule has 0 fully saturated rings. The van der Waals surface area contributed by atoms with Crippen molar-refractivity contribution in [1.82, 2.24) is 4.98 Å². The Balaban J connectivity index is 1.83. The van der Waals surface area contributed by atoms with Crippen molar-refractivity contribution in [2.75, 3.05) is 5.32 Å². The molecule has 2 heterocycles. The van der Waals surface area contributed by atoms with E-state index in [0.29, 0.717) is 11.8 Å². The Morgan fingerprint density at radius 2 is 2.10 bits per heavy atom. The maximum atomic E-state index is 4.56. The standard InChI is InChI=1S/C17H15BrN2/c18-14-8-4-7-12-11-5-3-6-13(11)17(20-16(12)14)15-9-1-2-10-19-15/h1-5,7-11,13,17,20H,6H2/t11-,13-,17+/m1/s1. The molecule has 3 heteroatoms. The van der Waals surface area contributed by atoms with Crippen LogP contribution in [0.5, 0.6) is 0 Å². The van der Waals surface area contributed by atoms with Gasteiger partial charge in [0.05, 0.1) is 17.4 Å².